The van der Waals surface area contributed by atoms with E-state index in [9.17, 15) is 4.79 Å². The molecule has 1 N–H and O–H groups in total. The van der Waals surface area contributed by atoms with E-state index in [4.69, 9.17) is 9.57 Å². The number of carbonyl (C=O) groups excluding carboxylic acids is 1. The maximum absolute atomic E-state index is 10.5. The first kappa shape index (κ1) is 9.38. The van der Waals surface area contributed by atoms with Gasteiger partial charge in [-0.15, -0.1) is 0 Å². The van der Waals surface area contributed by atoms with Crippen LogP contribution in [0.25, 0.3) is 0 Å². The average molecular weight is 181 g/mol. The monoisotopic (exact) mass is 181 g/mol. The molecule has 0 aromatic heterocycles. The Balaban J connectivity index is 2.69. The van der Waals surface area contributed by atoms with Gasteiger partial charge < -0.3 is 9.57 Å². The van der Waals surface area contributed by atoms with Crippen molar-refractivity contribution in [3.05, 3.63) is 24.3 Å². The number of methoxy groups -OCH3 is 1. The molecule has 0 atom stereocenters. The number of amides is 1. The molecule has 0 aliphatic heterocycles. The zero-order chi connectivity index (χ0) is 9.68. The third-order valence-electron chi connectivity index (χ3n) is 1.37. The molecule has 4 heteroatoms. The molecule has 1 aromatic rings. The topological polar surface area (TPSA) is 47.6 Å². The molecule has 0 spiro atoms. The number of nitrogens with one attached hydrogen (secondary N) is 1. The summed E-state index contributed by atoms with van der Waals surface area (Å²) in [6, 6.07) is 7.06. The first-order valence-corrected chi connectivity index (χ1v) is 3.80. The Morgan fingerprint density at radius 3 is 2.46 bits per heavy atom. The van der Waals surface area contributed by atoms with Crippen LogP contribution < -0.4 is 15.1 Å². The lowest BCUT2D eigenvalue weighted by atomic mass is 10.3. The third-order valence-corrected chi connectivity index (χ3v) is 1.37. The normalized spacial score (nSPS) is 9.08. The van der Waals surface area contributed by atoms with Crippen LogP contribution in [0.15, 0.2) is 24.3 Å². The summed E-state index contributed by atoms with van der Waals surface area (Å²) in [5.41, 5.74) is 2.22. The van der Waals surface area contributed by atoms with Crippen molar-refractivity contribution in [1.29, 1.82) is 0 Å². The first-order chi connectivity index (χ1) is 6.24. The fraction of sp³-hybridized carbons (Fsp3) is 0.222. The van der Waals surface area contributed by atoms with E-state index in [2.05, 4.69) is 5.48 Å². The summed E-state index contributed by atoms with van der Waals surface area (Å²) < 4.78 is 5.00. The van der Waals surface area contributed by atoms with Gasteiger partial charge in [-0.25, -0.2) is 0 Å². The number of benzene rings is 1. The minimum atomic E-state index is -0.258. The van der Waals surface area contributed by atoms with Crippen LogP contribution >= 0.6 is 0 Å². The van der Waals surface area contributed by atoms with Crippen molar-refractivity contribution in [2.24, 2.45) is 0 Å². The molecular weight excluding hydrogens is 170 g/mol. The number of hydrogen-bond donors (Lipinski definition) is 1. The Morgan fingerprint density at radius 2 is 1.92 bits per heavy atom. The smallest absolute Gasteiger partial charge is 0.249 e. The molecular formula is C9H11NO3. The van der Waals surface area contributed by atoms with Crippen molar-refractivity contribution in [3.8, 4) is 11.5 Å². The van der Waals surface area contributed by atoms with Gasteiger partial charge in [0.25, 0.3) is 0 Å². The van der Waals surface area contributed by atoms with Crippen LogP contribution in [0.4, 0.5) is 0 Å². The molecule has 0 heterocycles. The summed E-state index contributed by atoms with van der Waals surface area (Å²) in [5, 5.41) is 0. The highest BCUT2D eigenvalue weighted by molar-refractivity contribution is 5.71. The van der Waals surface area contributed by atoms with E-state index in [1.807, 2.05) is 6.07 Å². The van der Waals surface area contributed by atoms with Crippen LogP contribution in [0.3, 0.4) is 0 Å². The molecule has 0 saturated heterocycles. The van der Waals surface area contributed by atoms with Gasteiger partial charge >= 0.3 is 0 Å². The Morgan fingerprint density at radius 1 is 1.31 bits per heavy atom. The molecule has 1 amide bonds. The quantitative estimate of drug-likeness (QED) is 0.711. The average Bonchev–Trinajstić information content (AvgIpc) is 2.15. The van der Waals surface area contributed by atoms with E-state index < -0.39 is 0 Å². The third kappa shape index (κ3) is 2.66. The minimum Gasteiger partial charge on any atom is -0.493 e. The van der Waals surface area contributed by atoms with Crippen LogP contribution in [0.2, 0.25) is 0 Å². The van der Waals surface area contributed by atoms with Gasteiger partial charge in [-0.05, 0) is 12.1 Å². The van der Waals surface area contributed by atoms with E-state index >= 15 is 0 Å². The first-order valence-electron chi connectivity index (χ1n) is 3.80. The SMILES string of the molecule is COc1ccccc1ONC(C)=O. The largest absolute Gasteiger partial charge is 0.493 e. The van der Waals surface area contributed by atoms with Gasteiger partial charge in [-0.3, -0.25) is 4.79 Å². The number of hydrogen-bond acceptors (Lipinski definition) is 3. The van der Waals surface area contributed by atoms with Crippen molar-refractivity contribution < 1.29 is 14.4 Å². The van der Waals surface area contributed by atoms with Gasteiger partial charge in [0.1, 0.15) is 0 Å². The van der Waals surface area contributed by atoms with Crippen LogP contribution in [-0.2, 0) is 4.79 Å². The van der Waals surface area contributed by atoms with Crippen LogP contribution in [0.5, 0.6) is 11.5 Å². The van der Waals surface area contributed by atoms with Crippen molar-refractivity contribution in [3.63, 3.8) is 0 Å². The lowest BCUT2D eigenvalue weighted by Crippen LogP contribution is -2.23. The van der Waals surface area contributed by atoms with Crippen molar-refractivity contribution in [1.82, 2.24) is 5.48 Å². The summed E-state index contributed by atoms with van der Waals surface area (Å²) in [6.45, 7) is 1.37. The number of para-hydroxylation sites is 2. The van der Waals surface area contributed by atoms with Gasteiger partial charge in [0.2, 0.25) is 5.91 Å². The predicted octanol–water partition coefficient (Wildman–Crippen LogP) is 1.13. The maximum atomic E-state index is 10.5. The summed E-state index contributed by atoms with van der Waals surface area (Å²) in [7, 11) is 1.54. The number of hydroxylamine groups is 1. The summed E-state index contributed by atoms with van der Waals surface area (Å²) in [5.74, 6) is 0.808. The lowest BCUT2D eigenvalue weighted by molar-refractivity contribution is -0.125. The van der Waals surface area contributed by atoms with Crippen LogP contribution in [-0.4, -0.2) is 13.0 Å². The molecule has 0 radical (unpaired) electrons. The minimum absolute atomic E-state index is 0.258. The number of carbonyl (C=O) groups is 1. The Hall–Kier alpha value is -1.71. The molecule has 1 aromatic carbocycles. The zero-order valence-corrected chi connectivity index (χ0v) is 7.53. The second-order valence-corrected chi connectivity index (χ2v) is 2.41. The fourth-order valence-corrected chi connectivity index (χ4v) is 0.830. The molecule has 70 valence electrons. The Bertz CT molecular complexity index is 299. The van der Waals surface area contributed by atoms with Crippen LogP contribution in [0, 0.1) is 0 Å². The molecule has 0 unspecified atom stereocenters. The molecule has 1 rings (SSSR count). The molecule has 0 aliphatic rings. The lowest BCUT2D eigenvalue weighted by Gasteiger charge is -2.08. The molecule has 0 bridgehead atoms. The second-order valence-electron chi connectivity index (χ2n) is 2.41. The molecule has 0 fully saturated rings. The van der Waals surface area contributed by atoms with E-state index in [-0.39, 0.29) is 5.91 Å². The zero-order valence-electron chi connectivity index (χ0n) is 7.53. The Labute approximate surface area is 76.4 Å². The highest BCUT2D eigenvalue weighted by Gasteiger charge is 2.02. The van der Waals surface area contributed by atoms with Crippen molar-refractivity contribution >= 4 is 5.91 Å². The molecule has 0 saturated carbocycles. The van der Waals surface area contributed by atoms with E-state index in [0.29, 0.717) is 11.5 Å². The highest BCUT2D eigenvalue weighted by Crippen LogP contribution is 2.24. The van der Waals surface area contributed by atoms with Gasteiger partial charge in [0.15, 0.2) is 11.5 Å². The number of ether oxygens (including phenoxy) is 1. The van der Waals surface area contributed by atoms with Crippen LogP contribution in [0.1, 0.15) is 6.92 Å². The molecule has 0 aliphatic carbocycles. The van der Waals surface area contributed by atoms with E-state index in [1.165, 1.54) is 14.0 Å². The van der Waals surface area contributed by atoms with Gasteiger partial charge in [-0.2, -0.15) is 5.48 Å². The molecule has 13 heavy (non-hydrogen) atoms. The van der Waals surface area contributed by atoms with E-state index in [0.717, 1.165) is 0 Å². The summed E-state index contributed by atoms with van der Waals surface area (Å²) >= 11 is 0. The van der Waals surface area contributed by atoms with Gasteiger partial charge in [0, 0.05) is 6.92 Å². The van der Waals surface area contributed by atoms with Gasteiger partial charge in [-0.1, -0.05) is 12.1 Å². The predicted molar refractivity (Wildman–Crippen MR) is 47.4 cm³/mol. The summed E-state index contributed by atoms with van der Waals surface area (Å²) in [4.78, 5) is 15.5. The second kappa shape index (κ2) is 4.35. The maximum Gasteiger partial charge on any atom is 0.249 e. The Kier molecular flexibility index (Phi) is 3.14. The summed E-state index contributed by atoms with van der Waals surface area (Å²) in [6.07, 6.45) is 0. The highest BCUT2D eigenvalue weighted by atomic mass is 16.7. The van der Waals surface area contributed by atoms with Crippen molar-refractivity contribution in [2.45, 2.75) is 6.92 Å². The van der Waals surface area contributed by atoms with E-state index in [1.54, 1.807) is 18.2 Å². The number of rotatable bonds is 3. The van der Waals surface area contributed by atoms with Gasteiger partial charge in [0.05, 0.1) is 7.11 Å². The standard InChI is InChI=1S/C9H11NO3/c1-7(11)10-13-9-6-4-3-5-8(9)12-2/h3-6H,1-2H3,(H,10,11). The molecule has 4 nitrogen and oxygen atoms in total. The fourth-order valence-electron chi connectivity index (χ4n) is 0.830. The van der Waals surface area contributed by atoms with Crippen molar-refractivity contribution in [2.75, 3.05) is 7.11 Å².